The van der Waals surface area contributed by atoms with Crippen molar-refractivity contribution in [3.8, 4) is 0 Å². The summed E-state index contributed by atoms with van der Waals surface area (Å²) < 4.78 is 0. The van der Waals surface area contributed by atoms with Crippen LogP contribution in [0, 0.1) is 0 Å². The maximum Gasteiger partial charge on any atom is 0.193 e. The maximum atomic E-state index is 12.4. The van der Waals surface area contributed by atoms with Gasteiger partial charge in [0.25, 0.3) is 0 Å². The van der Waals surface area contributed by atoms with Gasteiger partial charge in [-0.3, -0.25) is 4.79 Å². The lowest BCUT2D eigenvalue weighted by Crippen LogP contribution is -2.00. The summed E-state index contributed by atoms with van der Waals surface area (Å²) in [5.41, 5.74) is 2.79. The largest absolute Gasteiger partial charge is 0.289 e. The van der Waals surface area contributed by atoms with Gasteiger partial charge in [0.1, 0.15) is 0 Å². The van der Waals surface area contributed by atoms with E-state index in [4.69, 9.17) is 0 Å². The molecule has 0 spiro atoms. The fraction of sp³-hybridized carbons (Fsp3) is 0.0952. The van der Waals surface area contributed by atoms with Crippen molar-refractivity contribution in [3.05, 3.63) is 95.6 Å². The van der Waals surface area contributed by atoms with E-state index in [1.807, 2.05) is 54.6 Å². The molecule has 0 amide bonds. The minimum atomic E-state index is 0.0643. The molecule has 0 unspecified atom stereocenters. The van der Waals surface area contributed by atoms with E-state index in [0.717, 1.165) is 22.4 Å². The quantitative estimate of drug-likeness (QED) is 0.567. The lowest BCUT2D eigenvalue weighted by atomic mass is 10.0. The standard InChI is InChI=1S/C21H18OS/c1-2-16-8-12-19(13-9-16)23-20-14-10-18(11-15-20)21(22)17-6-4-3-5-7-17/h3-15H,2H2,1H3. The minimum absolute atomic E-state index is 0.0643. The van der Waals surface area contributed by atoms with E-state index in [-0.39, 0.29) is 5.78 Å². The zero-order chi connectivity index (χ0) is 16.1. The number of hydrogen-bond acceptors (Lipinski definition) is 2. The molecule has 3 aromatic rings. The second-order valence-corrected chi connectivity index (χ2v) is 6.47. The van der Waals surface area contributed by atoms with Crippen LogP contribution < -0.4 is 0 Å². The van der Waals surface area contributed by atoms with Gasteiger partial charge in [-0.05, 0) is 48.4 Å². The smallest absolute Gasteiger partial charge is 0.193 e. The Morgan fingerprint density at radius 1 is 0.739 bits per heavy atom. The van der Waals surface area contributed by atoms with E-state index in [1.165, 1.54) is 10.5 Å². The molecular formula is C21H18OS. The van der Waals surface area contributed by atoms with E-state index < -0.39 is 0 Å². The van der Waals surface area contributed by atoms with E-state index in [9.17, 15) is 4.79 Å². The van der Waals surface area contributed by atoms with Gasteiger partial charge in [-0.1, -0.05) is 61.2 Å². The summed E-state index contributed by atoms with van der Waals surface area (Å²) in [6.07, 6.45) is 1.06. The van der Waals surface area contributed by atoms with Gasteiger partial charge in [-0.15, -0.1) is 0 Å². The first kappa shape index (κ1) is 15.6. The van der Waals surface area contributed by atoms with Gasteiger partial charge in [-0.25, -0.2) is 0 Å². The fourth-order valence-electron chi connectivity index (χ4n) is 2.36. The Hall–Kier alpha value is -2.32. The van der Waals surface area contributed by atoms with Crippen molar-refractivity contribution in [2.24, 2.45) is 0 Å². The zero-order valence-electron chi connectivity index (χ0n) is 13.0. The third kappa shape index (κ3) is 3.91. The molecule has 0 heterocycles. The van der Waals surface area contributed by atoms with Crippen LogP contribution in [0.25, 0.3) is 0 Å². The molecule has 23 heavy (non-hydrogen) atoms. The molecule has 3 aromatic carbocycles. The van der Waals surface area contributed by atoms with Crippen LogP contribution in [-0.4, -0.2) is 5.78 Å². The third-order valence-electron chi connectivity index (χ3n) is 3.72. The second kappa shape index (κ2) is 7.30. The van der Waals surface area contributed by atoms with E-state index in [2.05, 4.69) is 31.2 Å². The van der Waals surface area contributed by atoms with Crippen molar-refractivity contribution in [1.29, 1.82) is 0 Å². The first-order chi connectivity index (χ1) is 11.3. The van der Waals surface area contributed by atoms with Gasteiger partial charge >= 0.3 is 0 Å². The number of aryl methyl sites for hydroxylation is 1. The number of rotatable bonds is 5. The Balaban J connectivity index is 1.72. The Bertz CT molecular complexity index is 774. The monoisotopic (exact) mass is 318 g/mol. The molecule has 0 radical (unpaired) electrons. The molecule has 0 aliphatic rings. The molecule has 3 rings (SSSR count). The van der Waals surface area contributed by atoms with Crippen molar-refractivity contribution in [2.75, 3.05) is 0 Å². The van der Waals surface area contributed by atoms with Crippen molar-refractivity contribution in [1.82, 2.24) is 0 Å². The molecule has 0 aromatic heterocycles. The topological polar surface area (TPSA) is 17.1 Å². The highest BCUT2D eigenvalue weighted by Gasteiger charge is 2.08. The lowest BCUT2D eigenvalue weighted by Gasteiger charge is -2.05. The number of benzene rings is 3. The molecule has 1 nitrogen and oxygen atoms in total. The van der Waals surface area contributed by atoms with Gasteiger partial charge in [0.15, 0.2) is 5.78 Å². The Morgan fingerprint density at radius 3 is 1.83 bits per heavy atom. The van der Waals surface area contributed by atoms with E-state index in [1.54, 1.807) is 11.8 Å². The van der Waals surface area contributed by atoms with E-state index >= 15 is 0 Å². The summed E-state index contributed by atoms with van der Waals surface area (Å²) in [6, 6.07) is 25.8. The van der Waals surface area contributed by atoms with Crippen LogP contribution in [-0.2, 0) is 6.42 Å². The zero-order valence-corrected chi connectivity index (χ0v) is 13.8. The minimum Gasteiger partial charge on any atom is -0.289 e. The molecule has 0 saturated heterocycles. The Kier molecular flexibility index (Phi) is 4.94. The first-order valence-corrected chi connectivity index (χ1v) is 8.54. The van der Waals surface area contributed by atoms with Crippen LogP contribution in [0.15, 0.2) is 88.7 Å². The summed E-state index contributed by atoms with van der Waals surface area (Å²) in [5, 5.41) is 0. The molecule has 0 N–H and O–H groups in total. The molecule has 0 aliphatic heterocycles. The van der Waals surface area contributed by atoms with E-state index in [0.29, 0.717) is 0 Å². The number of ketones is 1. The molecular weight excluding hydrogens is 300 g/mol. The highest BCUT2D eigenvalue weighted by Crippen LogP contribution is 2.28. The fourth-order valence-corrected chi connectivity index (χ4v) is 3.18. The van der Waals surface area contributed by atoms with Gasteiger partial charge < -0.3 is 0 Å². The van der Waals surface area contributed by atoms with Crippen molar-refractivity contribution >= 4 is 17.5 Å². The molecule has 2 heteroatoms. The van der Waals surface area contributed by atoms with Gasteiger partial charge in [0, 0.05) is 20.9 Å². The molecule has 0 bridgehead atoms. The average Bonchev–Trinajstić information content (AvgIpc) is 2.63. The van der Waals surface area contributed by atoms with Crippen molar-refractivity contribution in [2.45, 2.75) is 23.1 Å². The van der Waals surface area contributed by atoms with Crippen LogP contribution in [0.4, 0.5) is 0 Å². The van der Waals surface area contributed by atoms with Crippen LogP contribution >= 0.6 is 11.8 Å². The lowest BCUT2D eigenvalue weighted by molar-refractivity contribution is 0.103. The molecule has 0 aliphatic carbocycles. The summed E-state index contributed by atoms with van der Waals surface area (Å²) in [4.78, 5) is 14.7. The number of hydrogen-bond donors (Lipinski definition) is 0. The Labute approximate surface area is 141 Å². The van der Waals surface area contributed by atoms with Gasteiger partial charge in [-0.2, -0.15) is 0 Å². The van der Waals surface area contributed by atoms with Gasteiger partial charge in [0.2, 0.25) is 0 Å². The summed E-state index contributed by atoms with van der Waals surface area (Å²) >= 11 is 1.71. The number of carbonyl (C=O) groups excluding carboxylic acids is 1. The van der Waals surface area contributed by atoms with Gasteiger partial charge in [0.05, 0.1) is 0 Å². The van der Waals surface area contributed by atoms with Crippen LogP contribution in [0.1, 0.15) is 28.4 Å². The summed E-state index contributed by atoms with van der Waals surface area (Å²) in [6.45, 7) is 2.16. The van der Waals surface area contributed by atoms with Crippen LogP contribution in [0.2, 0.25) is 0 Å². The molecule has 114 valence electrons. The third-order valence-corrected chi connectivity index (χ3v) is 4.74. The first-order valence-electron chi connectivity index (χ1n) is 7.73. The van der Waals surface area contributed by atoms with Crippen molar-refractivity contribution in [3.63, 3.8) is 0 Å². The van der Waals surface area contributed by atoms with Crippen LogP contribution in [0.5, 0.6) is 0 Å². The second-order valence-electron chi connectivity index (χ2n) is 5.32. The molecule has 0 atom stereocenters. The van der Waals surface area contributed by atoms with Crippen molar-refractivity contribution < 1.29 is 4.79 Å². The highest BCUT2D eigenvalue weighted by molar-refractivity contribution is 7.99. The predicted octanol–water partition coefficient (Wildman–Crippen LogP) is 5.63. The highest BCUT2D eigenvalue weighted by atomic mass is 32.2. The SMILES string of the molecule is CCc1ccc(Sc2ccc(C(=O)c3ccccc3)cc2)cc1. The molecule has 0 fully saturated rings. The number of carbonyl (C=O) groups is 1. The predicted molar refractivity (Wildman–Crippen MR) is 96.3 cm³/mol. The summed E-state index contributed by atoms with van der Waals surface area (Å²) in [5.74, 6) is 0.0643. The maximum absolute atomic E-state index is 12.4. The summed E-state index contributed by atoms with van der Waals surface area (Å²) in [7, 11) is 0. The van der Waals surface area contributed by atoms with Crippen LogP contribution in [0.3, 0.4) is 0 Å². The molecule has 0 saturated carbocycles. The average molecular weight is 318 g/mol. The Morgan fingerprint density at radius 2 is 1.26 bits per heavy atom. The normalized spacial score (nSPS) is 10.5.